The fraction of sp³-hybridized carbons (Fsp3) is 0.136. The first-order valence-corrected chi connectivity index (χ1v) is 8.42. The van der Waals surface area contributed by atoms with E-state index in [1.165, 1.54) is 18.2 Å². The van der Waals surface area contributed by atoms with Gasteiger partial charge in [-0.2, -0.15) is 0 Å². The summed E-state index contributed by atoms with van der Waals surface area (Å²) in [7, 11) is 0. The van der Waals surface area contributed by atoms with Crippen LogP contribution in [0.25, 0.3) is 22.4 Å². The highest BCUT2D eigenvalue weighted by atomic mass is 19.1. The van der Waals surface area contributed by atoms with Gasteiger partial charge in [0.2, 0.25) is 0 Å². The number of carboxylic acid groups (broad SMARTS) is 1. The van der Waals surface area contributed by atoms with E-state index in [1.807, 2.05) is 18.2 Å². The Balaban J connectivity index is 1.84. The number of halogens is 2. The van der Waals surface area contributed by atoms with E-state index in [9.17, 15) is 13.6 Å². The highest BCUT2D eigenvalue weighted by molar-refractivity contribution is 5.97. The molecule has 0 radical (unpaired) electrons. The van der Waals surface area contributed by atoms with Crippen molar-refractivity contribution in [2.24, 2.45) is 0 Å². The molecule has 4 heteroatoms. The summed E-state index contributed by atoms with van der Waals surface area (Å²) in [5.41, 5.74) is 3.40. The molecule has 0 saturated carbocycles. The lowest BCUT2D eigenvalue weighted by atomic mass is 9.98. The Morgan fingerprint density at radius 1 is 1.08 bits per heavy atom. The quantitative estimate of drug-likeness (QED) is 0.665. The molecule has 0 aromatic heterocycles. The molecule has 4 rings (SSSR count). The van der Waals surface area contributed by atoms with Crippen molar-refractivity contribution in [2.45, 2.75) is 18.8 Å². The summed E-state index contributed by atoms with van der Waals surface area (Å²) >= 11 is 0. The Bertz CT molecular complexity index is 1050. The maximum absolute atomic E-state index is 14.0. The van der Waals surface area contributed by atoms with Crippen molar-refractivity contribution < 1.29 is 18.7 Å². The fourth-order valence-corrected chi connectivity index (χ4v) is 3.78. The van der Waals surface area contributed by atoms with Gasteiger partial charge < -0.3 is 5.11 Å². The zero-order chi connectivity index (χ0) is 18.3. The van der Waals surface area contributed by atoms with Crippen LogP contribution in [0.1, 0.15) is 35.4 Å². The number of carboxylic acids is 1. The first kappa shape index (κ1) is 16.5. The zero-order valence-corrected chi connectivity index (χ0v) is 13.9. The highest BCUT2D eigenvalue weighted by Crippen LogP contribution is 2.44. The van der Waals surface area contributed by atoms with E-state index in [0.717, 1.165) is 27.6 Å². The molecule has 1 atom stereocenters. The number of aliphatic carboxylic acids is 1. The summed E-state index contributed by atoms with van der Waals surface area (Å²) in [6.07, 6.45) is 2.44. The largest absolute Gasteiger partial charge is 0.481 e. The van der Waals surface area contributed by atoms with E-state index in [1.54, 1.807) is 24.3 Å². The molecule has 0 saturated heterocycles. The van der Waals surface area contributed by atoms with Gasteiger partial charge in [-0.05, 0) is 58.2 Å². The van der Waals surface area contributed by atoms with E-state index >= 15 is 0 Å². The molecule has 3 aromatic carbocycles. The van der Waals surface area contributed by atoms with Crippen LogP contribution in [-0.2, 0) is 4.79 Å². The van der Waals surface area contributed by atoms with E-state index in [0.29, 0.717) is 11.8 Å². The number of fused-ring (bicyclic) bond motifs is 2. The molecule has 0 amide bonds. The maximum Gasteiger partial charge on any atom is 0.303 e. The predicted octanol–water partition coefficient (Wildman–Crippen LogP) is 5.62. The van der Waals surface area contributed by atoms with Gasteiger partial charge in [0.1, 0.15) is 11.6 Å². The average molecular weight is 350 g/mol. The Kier molecular flexibility index (Phi) is 4.03. The van der Waals surface area contributed by atoms with Crippen molar-refractivity contribution in [3.8, 4) is 0 Å². The van der Waals surface area contributed by atoms with Gasteiger partial charge in [0.05, 0.1) is 6.42 Å². The van der Waals surface area contributed by atoms with Crippen LogP contribution >= 0.6 is 0 Å². The van der Waals surface area contributed by atoms with Crippen LogP contribution in [0.2, 0.25) is 0 Å². The van der Waals surface area contributed by atoms with Crippen LogP contribution < -0.4 is 0 Å². The standard InChI is InChI=1S/C22H16F2O2/c23-16-6-7-18-14(10-15(11-22(25)26)20(18)12-16)9-13-5-8-21(24)19-4-2-1-3-17(13)19/h1-9,12,15H,10-11H2,(H,25,26)/b14-9+. The van der Waals surface area contributed by atoms with E-state index in [4.69, 9.17) is 5.11 Å². The number of allylic oxidation sites excluding steroid dienone is 1. The third kappa shape index (κ3) is 2.88. The third-order valence-corrected chi connectivity index (χ3v) is 4.92. The second-order valence-corrected chi connectivity index (χ2v) is 6.58. The van der Waals surface area contributed by atoms with Crippen molar-refractivity contribution in [3.05, 3.63) is 82.9 Å². The fourth-order valence-electron chi connectivity index (χ4n) is 3.78. The molecule has 3 aromatic rings. The SMILES string of the molecule is O=C(O)CC1C/C(=C\c2ccc(F)c3ccccc23)c2ccc(F)cc21. The molecule has 1 aliphatic rings. The molecule has 0 bridgehead atoms. The summed E-state index contributed by atoms with van der Waals surface area (Å²) in [4.78, 5) is 11.2. The molecule has 0 spiro atoms. The zero-order valence-electron chi connectivity index (χ0n) is 13.9. The molecule has 0 aliphatic heterocycles. The van der Waals surface area contributed by atoms with Crippen LogP contribution in [0.5, 0.6) is 0 Å². The number of benzene rings is 3. The average Bonchev–Trinajstić information content (AvgIpc) is 2.94. The summed E-state index contributed by atoms with van der Waals surface area (Å²) < 4.78 is 27.7. The van der Waals surface area contributed by atoms with Crippen molar-refractivity contribution in [1.29, 1.82) is 0 Å². The Labute approximate surface area is 149 Å². The Morgan fingerprint density at radius 3 is 2.62 bits per heavy atom. The minimum absolute atomic E-state index is 0.0437. The van der Waals surface area contributed by atoms with E-state index in [-0.39, 0.29) is 24.0 Å². The highest BCUT2D eigenvalue weighted by Gasteiger charge is 2.28. The minimum atomic E-state index is -0.904. The van der Waals surface area contributed by atoms with Crippen molar-refractivity contribution in [1.82, 2.24) is 0 Å². The van der Waals surface area contributed by atoms with Crippen LogP contribution in [0, 0.1) is 11.6 Å². The molecule has 1 N–H and O–H groups in total. The van der Waals surface area contributed by atoms with E-state index in [2.05, 4.69) is 0 Å². The number of hydrogen-bond donors (Lipinski definition) is 1. The summed E-state index contributed by atoms with van der Waals surface area (Å²) in [5, 5.41) is 10.5. The Hall–Kier alpha value is -3.01. The van der Waals surface area contributed by atoms with Gasteiger partial charge in [-0.3, -0.25) is 4.79 Å². The lowest BCUT2D eigenvalue weighted by molar-refractivity contribution is -0.137. The van der Waals surface area contributed by atoms with Crippen molar-refractivity contribution >= 4 is 28.4 Å². The third-order valence-electron chi connectivity index (χ3n) is 4.92. The number of carbonyl (C=O) groups is 1. The van der Waals surface area contributed by atoms with Crippen molar-refractivity contribution in [3.63, 3.8) is 0 Å². The van der Waals surface area contributed by atoms with Crippen LogP contribution in [0.3, 0.4) is 0 Å². The first-order chi connectivity index (χ1) is 12.5. The molecule has 130 valence electrons. The molecule has 0 heterocycles. The molecule has 0 fully saturated rings. The van der Waals surface area contributed by atoms with Crippen molar-refractivity contribution in [2.75, 3.05) is 0 Å². The van der Waals surface area contributed by atoms with E-state index < -0.39 is 5.97 Å². The van der Waals surface area contributed by atoms with Crippen LogP contribution in [0.4, 0.5) is 8.78 Å². The second-order valence-electron chi connectivity index (χ2n) is 6.58. The second kappa shape index (κ2) is 6.37. The van der Waals surface area contributed by atoms with Crippen LogP contribution in [0.15, 0.2) is 54.6 Å². The van der Waals surface area contributed by atoms with Gasteiger partial charge in [0, 0.05) is 5.39 Å². The number of rotatable bonds is 3. The van der Waals surface area contributed by atoms with Gasteiger partial charge in [-0.1, -0.05) is 42.5 Å². The summed E-state index contributed by atoms with van der Waals surface area (Å²) in [5.74, 6) is -1.80. The first-order valence-electron chi connectivity index (χ1n) is 8.42. The van der Waals surface area contributed by atoms with Gasteiger partial charge in [-0.15, -0.1) is 0 Å². The Morgan fingerprint density at radius 2 is 1.85 bits per heavy atom. The molecule has 2 nitrogen and oxygen atoms in total. The van der Waals surface area contributed by atoms with Gasteiger partial charge in [0.25, 0.3) is 0 Å². The molecular formula is C22H16F2O2. The predicted molar refractivity (Wildman–Crippen MR) is 97.8 cm³/mol. The summed E-state index contributed by atoms with van der Waals surface area (Å²) in [6, 6.07) is 14.9. The normalized spacial score (nSPS) is 17.6. The molecule has 1 unspecified atom stereocenters. The molecular weight excluding hydrogens is 334 g/mol. The summed E-state index contributed by atoms with van der Waals surface area (Å²) in [6.45, 7) is 0. The lowest BCUT2D eigenvalue weighted by Crippen LogP contribution is -2.03. The van der Waals surface area contributed by atoms with Crippen LogP contribution in [-0.4, -0.2) is 11.1 Å². The minimum Gasteiger partial charge on any atom is -0.481 e. The monoisotopic (exact) mass is 350 g/mol. The van der Waals surface area contributed by atoms with Gasteiger partial charge >= 0.3 is 5.97 Å². The maximum atomic E-state index is 14.0. The smallest absolute Gasteiger partial charge is 0.303 e. The number of hydrogen-bond acceptors (Lipinski definition) is 1. The van der Waals surface area contributed by atoms with Gasteiger partial charge in [0.15, 0.2) is 0 Å². The molecule has 26 heavy (non-hydrogen) atoms. The lowest BCUT2D eigenvalue weighted by Gasteiger charge is -2.07. The molecule has 1 aliphatic carbocycles. The topological polar surface area (TPSA) is 37.3 Å². The van der Waals surface area contributed by atoms with Gasteiger partial charge in [-0.25, -0.2) is 8.78 Å².